The molecule has 0 saturated carbocycles. The van der Waals surface area contributed by atoms with Gasteiger partial charge in [-0.25, -0.2) is 0 Å². The van der Waals surface area contributed by atoms with Crippen molar-refractivity contribution >= 4 is 29.1 Å². The molecule has 1 aliphatic rings. The molecule has 2 aromatic carbocycles. The van der Waals surface area contributed by atoms with Crippen molar-refractivity contribution in [3.63, 3.8) is 0 Å². The van der Waals surface area contributed by atoms with Crippen LogP contribution < -0.4 is 20.3 Å². The Labute approximate surface area is 176 Å². The van der Waals surface area contributed by atoms with Gasteiger partial charge in [-0.2, -0.15) is 9.97 Å². The SMILES string of the molecule is CCNC(=S)Nc1nc(Oc2ccccc2)cc(N2CCc3ccccc3C2)n1. The number of hydrogen-bond donors (Lipinski definition) is 2. The average molecular weight is 406 g/mol. The smallest absolute Gasteiger partial charge is 0.234 e. The molecule has 4 rings (SSSR count). The van der Waals surface area contributed by atoms with E-state index in [9.17, 15) is 0 Å². The van der Waals surface area contributed by atoms with Gasteiger partial charge in [0.1, 0.15) is 11.6 Å². The molecule has 0 atom stereocenters. The summed E-state index contributed by atoms with van der Waals surface area (Å²) < 4.78 is 5.98. The number of anilines is 2. The highest BCUT2D eigenvalue weighted by Gasteiger charge is 2.19. The van der Waals surface area contributed by atoms with Crippen molar-refractivity contribution in [1.29, 1.82) is 0 Å². The molecule has 29 heavy (non-hydrogen) atoms. The predicted molar refractivity (Wildman–Crippen MR) is 120 cm³/mol. The molecule has 1 aliphatic heterocycles. The van der Waals surface area contributed by atoms with E-state index in [-0.39, 0.29) is 0 Å². The zero-order valence-corrected chi connectivity index (χ0v) is 17.1. The van der Waals surface area contributed by atoms with Crippen molar-refractivity contribution < 1.29 is 4.74 Å². The van der Waals surface area contributed by atoms with E-state index in [0.29, 0.717) is 16.9 Å². The fourth-order valence-corrected chi connectivity index (χ4v) is 3.53. The van der Waals surface area contributed by atoms with Crippen molar-refractivity contribution in [3.8, 4) is 11.6 Å². The monoisotopic (exact) mass is 405 g/mol. The zero-order valence-electron chi connectivity index (χ0n) is 16.3. The minimum atomic E-state index is 0.415. The number of hydrogen-bond acceptors (Lipinski definition) is 5. The van der Waals surface area contributed by atoms with Gasteiger partial charge in [-0.1, -0.05) is 42.5 Å². The molecule has 7 heteroatoms. The highest BCUT2D eigenvalue weighted by Crippen LogP contribution is 2.28. The molecule has 0 fully saturated rings. The van der Waals surface area contributed by atoms with E-state index < -0.39 is 0 Å². The lowest BCUT2D eigenvalue weighted by Crippen LogP contribution is -2.32. The Morgan fingerprint density at radius 2 is 1.83 bits per heavy atom. The molecule has 2 heterocycles. The van der Waals surface area contributed by atoms with Crippen LogP contribution in [0.15, 0.2) is 60.7 Å². The minimum absolute atomic E-state index is 0.415. The Morgan fingerprint density at radius 1 is 1.07 bits per heavy atom. The third-order valence-electron chi connectivity index (χ3n) is 4.67. The Bertz CT molecular complexity index is 996. The molecule has 0 saturated heterocycles. The van der Waals surface area contributed by atoms with Crippen LogP contribution in [-0.2, 0) is 13.0 Å². The Balaban J connectivity index is 1.63. The van der Waals surface area contributed by atoms with Crippen LogP contribution in [0.4, 0.5) is 11.8 Å². The number of ether oxygens (including phenoxy) is 1. The lowest BCUT2D eigenvalue weighted by atomic mass is 10.00. The summed E-state index contributed by atoms with van der Waals surface area (Å²) in [4.78, 5) is 11.4. The van der Waals surface area contributed by atoms with Crippen LogP contribution in [0.25, 0.3) is 0 Å². The number of aromatic nitrogens is 2. The molecular formula is C22H23N5OS. The van der Waals surface area contributed by atoms with Crippen LogP contribution in [0.5, 0.6) is 11.6 Å². The van der Waals surface area contributed by atoms with Crippen LogP contribution >= 0.6 is 12.2 Å². The van der Waals surface area contributed by atoms with Gasteiger partial charge < -0.3 is 20.3 Å². The van der Waals surface area contributed by atoms with Crippen molar-refractivity contribution in [2.45, 2.75) is 19.9 Å². The van der Waals surface area contributed by atoms with Gasteiger partial charge in [0.2, 0.25) is 11.8 Å². The zero-order chi connectivity index (χ0) is 20.1. The lowest BCUT2D eigenvalue weighted by Gasteiger charge is -2.30. The van der Waals surface area contributed by atoms with Crippen molar-refractivity contribution in [2.24, 2.45) is 0 Å². The number of thiocarbonyl (C=S) groups is 1. The van der Waals surface area contributed by atoms with Crippen LogP contribution in [0.3, 0.4) is 0 Å². The molecule has 0 aliphatic carbocycles. The van der Waals surface area contributed by atoms with Gasteiger partial charge in [-0.15, -0.1) is 0 Å². The molecule has 148 valence electrons. The summed E-state index contributed by atoms with van der Waals surface area (Å²) >= 11 is 5.30. The third-order valence-corrected chi connectivity index (χ3v) is 4.92. The number of fused-ring (bicyclic) bond motifs is 1. The Morgan fingerprint density at radius 3 is 2.62 bits per heavy atom. The quantitative estimate of drug-likeness (QED) is 0.619. The van der Waals surface area contributed by atoms with Gasteiger partial charge in [-0.3, -0.25) is 0 Å². The lowest BCUT2D eigenvalue weighted by molar-refractivity contribution is 0.462. The van der Waals surface area contributed by atoms with Crippen LogP contribution in [-0.4, -0.2) is 28.2 Å². The van der Waals surface area contributed by atoms with Crippen molar-refractivity contribution in [3.05, 3.63) is 71.8 Å². The van der Waals surface area contributed by atoms with E-state index in [2.05, 4.69) is 44.8 Å². The summed E-state index contributed by atoms with van der Waals surface area (Å²) in [7, 11) is 0. The van der Waals surface area contributed by atoms with E-state index in [1.54, 1.807) is 0 Å². The Kier molecular flexibility index (Phi) is 5.86. The van der Waals surface area contributed by atoms with Gasteiger partial charge >= 0.3 is 0 Å². The summed E-state index contributed by atoms with van der Waals surface area (Å²) in [5, 5.41) is 6.61. The van der Waals surface area contributed by atoms with E-state index >= 15 is 0 Å². The molecule has 3 aromatic rings. The van der Waals surface area contributed by atoms with E-state index in [1.807, 2.05) is 43.3 Å². The molecule has 0 amide bonds. The summed E-state index contributed by atoms with van der Waals surface area (Å²) in [6.07, 6.45) is 0.980. The van der Waals surface area contributed by atoms with Crippen LogP contribution in [0.2, 0.25) is 0 Å². The first-order chi connectivity index (χ1) is 14.2. The fraction of sp³-hybridized carbons (Fsp3) is 0.227. The number of benzene rings is 2. The Hall–Kier alpha value is -3.19. The van der Waals surface area contributed by atoms with Gasteiger partial charge in [-0.05, 0) is 48.8 Å². The number of rotatable bonds is 5. The highest BCUT2D eigenvalue weighted by molar-refractivity contribution is 7.80. The molecule has 0 unspecified atom stereocenters. The van der Waals surface area contributed by atoms with Gasteiger partial charge in [0, 0.05) is 25.7 Å². The second kappa shape index (κ2) is 8.87. The van der Waals surface area contributed by atoms with Gasteiger partial charge in [0.15, 0.2) is 5.11 Å². The maximum Gasteiger partial charge on any atom is 0.234 e. The first kappa shape index (κ1) is 19.1. The summed E-state index contributed by atoms with van der Waals surface area (Å²) in [5.41, 5.74) is 2.71. The second-order valence-corrected chi connectivity index (χ2v) is 7.14. The van der Waals surface area contributed by atoms with Gasteiger partial charge in [0.25, 0.3) is 0 Å². The van der Waals surface area contributed by atoms with Crippen LogP contribution in [0.1, 0.15) is 18.1 Å². The van der Waals surface area contributed by atoms with Crippen LogP contribution in [0, 0.1) is 0 Å². The first-order valence-electron chi connectivity index (χ1n) is 9.70. The minimum Gasteiger partial charge on any atom is -0.439 e. The van der Waals surface area contributed by atoms with Crippen molar-refractivity contribution in [1.82, 2.24) is 15.3 Å². The number of nitrogens with zero attached hydrogens (tertiary/aromatic N) is 3. The summed E-state index contributed by atoms with van der Waals surface area (Å²) in [5.74, 6) is 2.42. The molecular weight excluding hydrogens is 382 g/mol. The van der Waals surface area contributed by atoms with Crippen molar-refractivity contribution in [2.75, 3.05) is 23.3 Å². The number of para-hydroxylation sites is 1. The fourth-order valence-electron chi connectivity index (χ4n) is 3.29. The van der Waals surface area contributed by atoms with E-state index in [1.165, 1.54) is 11.1 Å². The normalized spacial score (nSPS) is 12.8. The van der Waals surface area contributed by atoms with E-state index in [0.717, 1.165) is 37.6 Å². The topological polar surface area (TPSA) is 62.3 Å². The molecule has 0 bridgehead atoms. The maximum absolute atomic E-state index is 5.98. The average Bonchev–Trinajstić information content (AvgIpc) is 2.74. The highest BCUT2D eigenvalue weighted by atomic mass is 32.1. The standard InChI is InChI=1S/C22H23N5OS/c1-2-23-22(29)26-21-24-19(14-20(25-21)28-18-10-4-3-5-11-18)27-13-12-16-8-6-7-9-17(16)15-27/h3-11,14H,2,12-13,15H2,1H3,(H2,23,24,25,26,29). The first-order valence-corrected chi connectivity index (χ1v) is 10.1. The second-order valence-electron chi connectivity index (χ2n) is 6.73. The third kappa shape index (κ3) is 4.81. The molecule has 1 aromatic heterocycles. The van der Waals surface area contributed by atoms with E-state index in [4.69, 9.17) is 21.9 Å². The molecule has 0 radical (unpaired) electrons. The molecule has 6 nitrogen and oxygen atoms in total. The predicted octanol–water partition coefficient (Wildman–Crippen LogP) is 4.14. The maximum atomic E-state index is 5.98. The number of nitrogens with one attached hydrogen (secondary N) is 2. The summed E-state index contributed by atoms with van der Waals surface area (Å²) in [6, 6.07) is 20.0. The largest absolute Gasteiger partial charge is 0.439 e. The van der Waals surface area contributed by atoms with Gasteiger partial charge in [0.05, 0.1) is 0 Å². The molecule has 0 spiro atoms. The summed E-state index contributed by atoms with van der Waals surface area (Å²) in [6.45, 7) is 4.40. The molecule has 2 N–H and O–H groups in total.